The van der Waals surface area contributed by atoms with Gasteiger partial charge in [-0.15, -0.1) is 0 Å². The van der Waals surface area contributed by atoms with Gasteiger partial charge in [0.05, 0.1) is 5.69 Å². The van der Waals surface area contributed by atoms with Crippen molar-refractivity contribution in [1.82, 2.24) is 4.98 Å². The fraction of sp³-hybridized carbons (Fsp3) is 0.385. The molecule has 0 radical (unpaired) electrons. The van der Waals surface area contributed by atoms with E-state index >= 15 is 0 Å². The Kier molecular flexibility index (Phi) is 3.13. The van der Waals surface area contributed by atoms with Crippen molar-refractivity contribution in [3.8, 4) is 0 Å². The number of nitrogens with two attached hydrogens (primary N) is 1. The van der Waals surface area contributed by atoms with Crippen molar-refractivity contribution in [3.63, 3.8) is 0 Å². The van der Waals surface area contributed by atoms with Gasteiger partial charge in [-0.05, 0) is 30.9 Å². The van der Waals surface area contributed by atoms with Gasteiger partial charge in [-0.3, -0.25) is 4.98 Å². The van der Waals surface area contributed by atoms with Gasteiger partial charge < -0.3 is 16.0 Å². The first-order chi connectivity index (χ1) is 8.13. The van der Waals surface area contributed by atoms with Crippen molar-refractivity contribution in [2.45, 2.75) is 12.8 Å². The molecule has 0 bridgehead atoms. The molecule has 1 aliphatic rings. The molecule has 0 saturated heterocycles. The van der Waals surface area contributed by atoms with Crippen molar-refractivity contribution in [2.75, 3.05) is 19.0 Å². The number of nitrogens with one attached hydrogen (secondary N) is 1. The molecule has 0 spiro atoms. The van der Waals surface area contributed by atoms with Gasteiger partial charge in [0.2, 0.25) is 0 Å². The van der Waals surface area contributed by atoms with Crippen LogP contribution in [-0.4, -0.2) is 25.3 Å². The molecule has 0 atom stereocenters. The zero-order valence-electron chi connectivity index (χ0n) is 10.3. The number of pyridine rings is 1. The molecule has 1 aromatic heterocycles. The number of nitrogens with zero attached hydrogens (tertiary/aromatic N) is 2. The second-order valence-corrected chi connectivity index (χ2v) is 4.58. The minimum absolute atomic E-state index is 0.455. The van der Waals surface area contributed by atoms with E-state index in [2.05, 4.69) is 4.98 Å². The third kappa shape index (κ3) is 2.46. The number of aromatic nitrogens is 1. The van der Waals surface area contributed by atoms with E-state index in [4.69, 9.17) is 11.1 Å². The van der Waals surface area contributed by atoms with Crippen LogP contribution in [0.2, 0.25) is 0 Å². The lowest BCUT2D eigenvalue weighted by Crippen LogP contribution is -2.10. The summed E-state index contributed by atoms with van der Waals surface area (Å²) in [5.41, 5.74) is 9.49. The van der Waals surface area contributed by atoms with Gasteiger partial charge in [-0.25, -0.2) is 0 Å². The Labute approximate surface area is 102 Å². The van der Waals surface area contributed by atoms with Crippen molar-refractivity contribution in [3.05, 3.63) is 29.7 Å². The van der Waals surface area contributed by atoms with Crippen molar-refractivity contribution < 1.29 is 0 Å². The first-order valence-corrected chi connectivity index (χ1v) is 5.77. The van der Waals surface area contributed by atoms with Crippen molar-refractivity contribution in [1.29, 1.82) is 5.41 Å². The summed E-state index contributed by atoms with van der Waals surface area (Å²) in [7, 11) is 3.97. The smallest absolute Gasteiger partial charge is 0.0755 e. The van der Waals surface area contributed by atoms with E-state index in [1.54, 1.807) is 6.20 Å². The number of allylic oxidation sites excluding steroid dienone is 2. The number of hydrogen-bond donors (Lipinski definition) is 2. The molecular formula is C13H18N4. The highest BCUT2D eigenvalue weighted by Gasteiger charge is 2.26. The molecule has 0 amide bonds. The third-order valence-corrected chi connectivity index (χ3v) is 3.01. The van der Waals surface area contributed by atoms with E-state index in [9.17, 15) is 0 Å². The van der Waals surface area contributed by atoms with E-state index < -0.39 is 0 Å². The molecule has 17 heavy (non-hydrogen) atoms. The molecule has 4 heteroatoms. The maximum atomic E-state index is 7.51. The van der Waals surface area contributed by atoms with Gasteiger partial charge in [0.1, 0.15) is 0 Å². The largest absolute Gasteiger partial charge is 0.401 e. The zero-order valence-corrected chi connectivity index (χ0v) is 10.3. The third-order valence-electron chi connectivity index (χ3n) is 3.01. The molecule has 2 rings (SSSR count). The number of hydrogen-bond acceptors (Lipinski definition) is 4. The summed E-state index contributed by atoms with van der Waals surface area (Å²) in [4.78, 5) is 6.32. The monoisotopic (exact) mass is 230 g/mol. The standard InChI is InChI=1S/C13H18N4/c1-17(2)10-5-6-16-12(7-10)11(8-14)13(15)9-3-4-9/h5-9,14H,3-4,15H2,1-2H3. The molecule has 0 unspecified atom stereocenters. The maximum Gasteiger partial charge on any atom is 0.0755 e. The predicted octanol–water partition coefficient (Wildman–Crippen LogP) is 1.88. The van der Waals surface area contributed by atoms with E-state index in [-0.39, 0.29) is 0 Å². The van der Waals surface area contributed by atoms with Gasteiger partial charge in [-0.2, -0.15) is 0 Å². The van der Waals surface area contributed by atoms with Crippen LogP contribution in [-0.2, 0) is 0 Å². The second-order valence-electron chi connectivity index (χ2n) is 4.58. The Morgan fingerprint density at radius 2 is 2.24 bits per heavy atom. The number of anilines is 1. The van der Waals surface area contributed by atoms with Gasteiger partial charge in [0, 0.05) is 43.5 Å². The summed E-state index contributed by atoms with van der Waals surface area (Å²) >= 11 is 0. The summed E-state index contributed by atoms with van der Waals surface area (Å²) < 4.78 is 0. The van der Waals surface area contributed by atoms with Gasteiger partial charge in [-0.1, -0.05) is 0 Å². The van der Waals surface area contributed by atoms with Gasteiger partial charge in [0.25, 0.3) is 0 Å². The highest BCUT2D eigenvalue weighted by molar-refractivity contribution is 6.09. The van der Waals surface area contributed by atoms with Crippen LogP contribution in [0.5, 0.6) is 0 Å². The molecule has 90 valence electrons. The summed E-state index contributed by atoms with van der Waals surface area (Å²) in [5.74, 6) is 0.455. The molecule has 0 aliphatic heterocycles. The van der Waals surface area contributed by atoms with Crippen LogP contribution < -0.4 is 10.6 Å². The second kappa shape index (κ2) is 4.57. The summed E-state index contributed by atoms with van der Waals surface area (Å²) in [6.45, 7) is 0. The summed E-state index contributed by atoms with van der Waals surface area (Å²) in [6.07, 6.45) is 5.34. The normalized spacial score (nSPS) is 16.4. The highest BCUT2D eigenvalue weighted by Crippen LogP contribution is 2.36. The Morgan fingerprint density at radius 3 is 2.76 bits per heavy atom. The van der Waals surface area contributed by atoms with E-state index in [1.807, 2.05) is 31.1 Å². The van der Waals surface area contributed by atoms with E-state index in [1.165, 1.54) is 6.21 Å². The highest BCUT2D eigenvalue weighted by atomic mass is 15.1. The molecule has 1 heterocycles. The Hall–Kier alpha value is -1.84. The lowest BCUT2D eigenvalue weighted by atomic mass is 10.1. The quantitative estimate of drug-likeness (QED) is 0.776. The lowest BCUT2D eigenvalue weighted by Gasteiger charge is -2.14. The zero-order chi connectivity index (χ0) is 12.4. The van der Waals surface area contributed by atoms with Crippen molar-refractivity contribution in [2.24, 2.45) is 11.7 Å². The Morgan fingerprint density at radius 1 is 1.53 bits per heavy atom. The van der Waals surface area contributed by atoms with Crippen LogP contribution in [0.1, 0.15) is 18.5 Å². The van der Waals surface area contributed by atoms with E-state index in [0.717, 1.165) is 35.5 Å². The average molecular weight is 230 g/mol. The summed E-state index contributed by atoms with van der Waals surface area (Å²) in [6, 6.07) is 3.91. The van der Waals surface area contributed by atoms with Gasteiger partial charge in [0.15, 0.2) is 0 Å². The van der Waals surface area contributed by atoms with Crippen LogP contribution in [0, 0.1) is 11.3 Å². The average Bonchev–Trinajstić information content (AvgIpc) is 3.14. The number of rotatable bonds is 4. The Bertz CT molecular complexity index is 458. The molecular weight excluding hydrogens is 212 g/mol. The Balaban J connectivity index is 2.40. The first-order valence-electron chi connectivity index (χ1n) is 5.77. The molecule has 1 saturated carbocycles. The van der Waals surface area contributed by atoms with Crippen LogP contribution >= 0.6 is 0 Å². The molecule has 0 aromatic carbocycles. The van der Waals surface area contributed by atoms with Crippen LogP contribution in [0.3, 0.4) is 0 Å². The molecule has 3 N–H and O–H groups in total. The van der Waals surface area contributed by atoms with Crippen molar-refractivity contribution >= 4 is 17.5 Å². The molecule has 1 aromatic rings. The first kappa shape index (κ1) is 11.6. The molecule has 4 nitrogen and oxygen atoms in total. The topological polar surface area (TPSA) is 66.0 Å². The van der Waals surface area contributed by atoms with Gasteiger partial charge >= 0.3 is 0 Å². The SMILES string of the molecule is CN(C)c1ccnc(C(C=N)=C(N)C2CC2)c1. The lowest BCUT2D eigenvalue weighted by molar-refractivity contribution is 0.985. The minimum Gasteiger partial charge on any atom is -0.401 e. The molecule has 1 fully saturated rings. The fourth-order valence-corrected chi connectivity index (χ4v) is 1.76. The fourth-order valence-electron chi connectivity index (χ4n) is 1.76. The minimum atomic E-state index is 0.455. The van der Waals surface area contributed by atoms with Crippen LogP contribution in [0.25, 0.3) is 5.57 Å². The predicted molar refractivity (Wildman–Crippen MR) is 71.2 cm³/mol. The van der Waals surface area contributed by atoms with Crippen LogP contribution in [0.15, 0.2) is 24.0 Å². The maximum absolute atomic E-state index is 7.51. The van der Waals surface area contributed by atoms with E-state index in [0.29, 0.717) is 5.92 Å². The summed E-state index contributed by atoms with van der Waals surface area (Å²) in [5, 5.41) is 7.51. The van der Waals surface area contributed by atoms with Crippen LogP contribution in [0.4, 0.5) is 5.69 Å². The molecule has 1 aliphatic carbocycles.